The van der Waals surface area contributed by atoms with Crippen LogP contribution in [0.1, 0.15) is 15.9 Å². The quantitative estimate of drug-likeness (QED) is 0.835. The van der Waals surface area contributed by atoms with Gasteiger partial charge in [-0.15, -0.1) is 0 Å². The fourth-order valence-corrected chi connectivity index (χ4v) is 1.57. The summed E-state index contributed by atoms with van der Waals surface area (Å²) in [5, 5.41) is 11.3. The summed E-state index contributed by atoms with van der Waals surface area (Å²) in [4.78, 5) is 26.4. The molecule has 2 rings (SSSR count). The number of rotatable bonds is 4. The molecule has 1 amide bonds. The summed E-state index contributed by atoms with van der Waals surface area (Å²) in [5.41, 5.74) is 1.60. The van der Waals surface area contributed by atoms with Crippen LogP contribution in [0, 0.1) is 0 Å². The van der Waals surface area contributed by atoms with Crippen LogP contribution in [0.3, 0.4) is 0 Å². The van der Waals surface area contributed by atoms with E-state index in [0.29, 0.717) is 16.8 Å². The Labute approximate surface area is 115 Å². The molecule has 20 heavy (non-hydrogen) atoms. The van der Waals surface area contributed by atoms with Crippen molar-refractivity contribution < 1.29 is 14.7 Å². The van der Waals surface area contributed by atoms with E-state index in [1.54, 1.807) is 18.2 Å². The fourth-order valence-electron chi connectivity index (χ4n) is 1.57. The Balaban J connectivity index is 2.14. The molecule has 1 aromatic carbocycles. The van der Waals surface area contributed by atoms with Crippen molar-refractivity contribution in [2.24, 2.45) is 0 Å². The number of hydrogen-bond acceptors (Lipinski definition) is 3. The van der Waals surface area contributed by atoms with E-state index in [1.807, 2.05) is 18.2 Å². The van der Waals surface area contributed by atoms with E-state index in [2.05, 4.69) is 10.3 Å². The van der Waals surface area contributed by atoms with Crippen LogP contribution in [0.4, 0.5) is 5.69 Å². The number of para-hydroxylation sites is 1. The number of aliphatic carboxylic acids is 1. The van der Waals surface area contributed by atoms with Gasteiger partial charge in [-0.05, 0) is 29.8 Å². The molecule has 0 radical (unpaired) electrons. The highest BCUT2D eigenvalue weighted by Gasteiger charge is 2.06. The first-order valence-electron chi connectivity index (χ1n) is 5.87. The lowest BCUT2D eigenvalue weighted by molar-refractivity contribution is -0.131. The molecule has 0 fully saturated rings. The summed E-state index contributed by atoms with van der Waals surface area (Å²) >= 11 is 0. The van der Waals surface area contributed by atoms with E-state index in [0.717, 1.165) is 6.08 Å². The van der Waals surface area contributed by atoms with Gasteiger partial charge >= 0.3 is 5.97 Å². The van der Waals surface area contributed by atoms with Crippen LogP contribution in [0.2, 0.25) is 0 Å². The van der Waals surface area contributed by atoms with Gasteiger partial charge in [-0.2, -0.15) is 0 Å². The molecule has 0 aliphatic carbocycles. The maximum absolute atomic E-state index is 12.0. The van der Waals surface area contributed by atoms with Gasteiger partial charge < -0.3 is 10.4 Å². The Bertz CT molecular complexity index is 651. The number of aromatic nitrogens is 1. The second-order valence-corrected chi connectivity index (χ2v) is 4.00. The average molecular weight is 268 g/mol. The monoisotopic (exact) mass is 268 g/mol. The third kappa shape index (κ3) is 3.78. The number of amides is 1. The lowest BCUT2D eigenvalue weighted by Gasteiger charge is -2.05. The van der Waals surface area contributed by atoms with Crippen LogP contribution in [0.15, 0.2) is 54.9 Å². The second kappa shape index (κ2) is 6.29. The van der Waals surface area contributed by atoms with Gasteiger partial charge in [-0.1, -0.05) is 18.2 Å². The van der Waals surface area contributed by atoms with Crippen LogP contribution >= 0.6 is 0 Å². The average Bonchev–Trinajstić information content (AvgIpc) is 2.46. The molecular weight excluding hydrogens is 256 g/mol. The minimum absolute atomic E-state index is 0.297. The number of carboxylic acid groups (broad SMARTS) is 1. The van der Waals surface area contributed by atoms with Crippen LogP contribution in [0.5, 0.6) is 0 Å². The molecule has 0 saturated carbocycles. The molecule has 0 aliphatic heterocycles. The normalized spacial score (nSPS) is 10.4. The molecule has 0 spiro atoms. The second-order valence-electron chi connectivity index (χ2n) is 4.00. The largest absolute Gasteiger partial charge is 0.478 e. The number of pyridine rings is 1. The molecule has 0 atom stereocenters. The molecule has 0 aliphatic rings. The van der Waals surface area contributed by atoms with Gasteiger partial charge in [0.15, 0.2) is 0 Å². The van der Waals surface area contributed by atoms with Crippen molar-refractivity contribution in [1.29, 1.82) is 0 Å². The standard InChI is InChI=1S/C15H12N2O3/c18-14(19)7-6-11-8-12(10-16-9-11)15(20)17-13-4-2-1-3-5-13/h1-10H,(H,17,20)(H,18,19). The molecule has 5 heteroatoms. The Hall–Kier alpha value is -2.95. The predicted octanol–water partition coefficient (Wildman–Crippen LogP) is 2.43. The van der Waals surface area contributed by atoms with Gasteiger partial charge in [-0.25, -0.2) is 4.79 Å². The summed E-state index contributed by atoms with van der Waals surface area (Å²) in [7, 11) is 0. The van der Waals surface area contributed by atoms with E-state index in [1.165, 1.54) is 18.5 Å². The zero-order valence-corrected chi connectivity index (χ0v) is 10.5. The van der Waals surface area contributed by atoms with E-state index in [9.17, 15) is 9.59 Å². The minimum Gasteiger partial charge on any atom is -0.478 e. The summed E-state index contributed by atoms with van der Waals surface area (Å²) in [6.45, 7) is 0. The van der Waals surface area contributed by atoms with Gasteiger partial charge in [0, 0.05) is 24.2 Å². The number of carbonyl (C=O) groups is 2. The van der Waals surface area contributed by atoms with Crippen molar-refractivity contribution in [2.45, 2.75) is 0 Å². The lowest BCUT2D eigenvalue weighted by Crippen LogP contribution is -2.12. The van der Waals surface area contributed by atoms with E-state index < -0.39 is 5.97 Å². The van der Waals surface area contributed by atoms with Crippen LogP contribution < -0.4 is 5.32 Å². The summed E-state index contributed by atoms with van der Waals surface area (Å²) < 4.78 is 0. The third-order valence-corrected chi connectivity index (χ3v) is 2.47. The van der Waals surface area contributed by atoms with E-state index in [-0.39, 0.29) is 5.91 Å². The molecule has 0 bridgehead atoms. The Morgan fingerprint density at radius 1 is 1.15 bits per heavy atom. The van der Waals surface area contributed by atoms with Crippen LogP contribution in [-0.2, 0) is 4.79 Å². The number of carbonyl (C=O) groups excluding carboxylic acids is 1. The molecule has 0 unspecified atom stereocenters. The first-order valence-corrected chi connectivity index (χ1v) is 5.87. The molecule has 1 aromatic heterocycles. The van der Waals surface area contributed by atoms with Crippen LogP contribution in [0.25, 0.3) is 6.08 Å². The number of anilines is 1. The van der Waals surface area contributed by atoms with Crippen molar-refractivity contribution in [3.05, 3.63) is 66.0 Å². The van der Waals surface area contributed by atoms with Gasteiger partial charge in [0.25, 0.3) is 5.91 Å². The first-order chi connectivity index (χ1) is 9.65. The number of nitrogens with zero attached hydrogens (tertiary/aromatic N) is 1. The zero-order valence-electron chi connectivity index (χ0n) is 10.5. The fraction of sp³-hybridized carbons (Fsp3) is 0. The highest BCUT2D eigenvalue weighted by atomic mass is 16.4. The first kappa shape index (κ1) is 13.5. The number of nitrogens with one attached hydrogen (secondary N) is 1. The Morgan fingerprint density at radius 2 is 1.90 bits per heavy atom. The van der Waals surface area contributed by atoms with Crippen molar-refractivity contribution in [2.75, 3.05) is 5.32 Å². The molecule has 2 N–H and O–H groups in total. The van der Waals surface area contributed by atoms with E-state index >= 15 is 0 Å². The minimum atomic E-state index is -1.05. The molecular formula is C15H12N2O3. The molecule has 2 aromatic rings. The Morgan fingerprint density at radius 3 is 2.60 bits per heavy atom. The molecule has 1 heterocycles. The van der Waals surface area contributed by atoms with Crippen molar-refractivity contribution >= 4 is 23.6 Å². The molecule has 0 saturated heterocycles. The maximum Gasteiger partial charge on any atom is 0.328 e. The van der Waals surface area contributed by atoms with Gasteiger partial charge in [0.1, 0.15) is 0 Å². The lowest BCUT2D eigenvalue weighted by atomic mass is 10.2. The number of benzene rings is 1. The van der Waals surface area contributed by atoms with Crippen molar-refractivity contribution in [3.63, 3.8) is 0 Å². The number of hydrogen-bond donors (Lipinski definition) is 2. The number of carboxylic acids is 1. The third-order valence-electron chi connectivity index (χ3n) is 2.47. The molecule has 100 valence electrons. The van der Waals surface area contributed by atoms with Gasteiger partial charge in [0.05, 0.1) is 5.56 Å². The Kier molecular flexibility index (Phi) is 4.24. The van der Waals surface area contributed by atoms with Crippen molar-refractivity contribution in [3.8, 4) is 0 Å². The summed E-state index contributed by atoms with van der Waals surface area (Å²) in [6.07, 6.45) is 5.29. The summed E-state index contributed by atoms with van der Waals surface area (Å²) in [6, 6.07) is 10.6. The molecule has 5 nitrogen and oxygen atoms in total. The highest BCUT2D eigenvalue weighted by molar-refractivity contribution is 6.04. The van der Waals surface area contributed by atoms with E-state index in [4.69, 9.17) is 5.11 Å². The summed E-state index contributed by atoms with van der Waals surface area (Å²) in [5.74, 6) is -1.35. The predicted molar refractivity (Wildman–Crippen MR) is 75.3 cm³/mol. The maximum atomic E-state index is 12.0. The zero-order chi connectivity index (χ0) is 14.4. The van der Waals surface area contributed by atoms with Crippen LogP contribution in [-0.4, -0.2) is 22.0 Å². The van der Waals surface area contributed by atoms with Gasteiger partial charge in [-0.3, -0.25) is 9.78 Å². The smallest absolute Gasteiger partial charge is 0.328 e. The SMILES string of the molecule is O=C(O)C=Cc1cncc(C(=O)Nc2ccccc2)c1. The van der Waals surface area contributed by atoms with Crippen molar-refractivity contribution in [1.82, 2.24) is 4.98 Å². The topological polar surface area (TPSA) is 79.3 Å². The highest BCUT2D eigenvalue weighted by Crippen LogP contribution is 2.10. The van der Waals surface area contributed by atoms with Gasteiger partial charge in [0.2, 0.25) is 0 Å².